The number of hydrogen-bond acceptors (Lipinski definition) is 5. The van der Waals surface area contributed by atoms with Crippen molar-refractivity contribution in [3.8, 4) is 17.1 Å². The second kappa shape index (κ2) is 7.65. The highest BCUT2D eigenvalue weighted by molar-refractivity contribution is 5.90. The Labute approximate surface area is 167 Å². The van der Waals surface area contributed by atoms with Crippen LogP contribution in [0.25, 0.3) is 11.4 Å². The monoisotopic (exact) mass is 419 g/mol. The third-order valence-corrected chi connectivity index (χ3v) is 4.37. The zero-order valence-corrected chi connectivity index (χ0v) is 15.5. The fourth-order valence-electron chi connectivity index (χ4n) is 2.95. The standard InChI is InChI=1S/C19H16F3N5O3/c20-19(21,22)30-15-7-3-13(4-8-15)24-16(28)11-26-18(29)27(14-5-6-14)17(25-26)12-2-1-9-23-10-12/h1-4,7-10,14H,5-6,11H2,(H,24,28). The Morgan fingerprint density at radius 1 is 1.20 bits per heavy atom. The van der Waals surface area contributed by atoms with Gasteiger partial charge in [-0.2, -0.15) is 0 Å². The van der Waals surface area contributed by atoms with Gasteiger partial charge in [0, 0.05) is 29.7 Å². The van der Waals surface area contributed by atoms with E-state index in [1.807, 2.05) is 0 Å². The zero-order valence-electron chi connectivity index (χ0n) is 15.5. The predicted molar refractivity (Wildman–Crippen MR) is 99.7 cm³/mol. The number of rotatable bonds is 6. The minimum absolute atomic E-state index is 0.0469. The van der Waals surface area contributed by atoms with Crippen LogP contribution in [-0.2, 0) is 11.3 Å². The Bertz CT molecular complexity index is 1100. The number of halogens is 3. The Kier molecular flexibility index (Phi) is 5.02. The van der Waals surface area contributed by atoms with Crippen LogP contribution in [-0.4, -0.2) is 31.6 Å². The lowest BCUT2D eigenvalue weighted by Gasteiger charge is -2.09. The Morgan fingerprint density at radius 2 is 1.93 bits per heavy atom. The van der Waals surface area contributed by atoms with E-state index in [9.17, 15) is 22.8 Å². The van der Waals surface area contributed by atoms with Crippen LogP contribution in [0.5, 0.6) is 5.75 Å². The van der Waals surface area contributed by atoms with Crippen molar-refractivity contribution in [2.45, 2.75) is 31.8 Å². The van der Waals surface area contributed by atoms with Crippen LogP contribution < -0.4 is 15.7 Å². The number of nitrogens with one attached hydrogen (secondary N) is 1. The number of pyridine rings is 1. The first kappa shape index (κ1) is 19.7. The fraction of sp³-hybridized carbons (Fsp3) is 0.263. The summed E-state index contributed by atoms with van der Waals surface area (Å²) in [7, 11) is 0. The zero-order chi connectivity index (χ0) is 21.3. The molecule has 0 unspecified atom stereocenters. The molecule has 4 rings (SSSR count). The summed E-state index contributed by atoms with van der Waals surface area (Å²) in [4.78, 5) is 29.1. The number of amides is 1. The van der Waals surface area contributed by atoms with E-state index in [-0.39, 0.29) is 18.3 Å². The van der Waals surface area contributed by atoms with Crippen molar-refractivity contribution in [2.75, 3.05) is 5.32 Å². The first-order valence-electron chi connectivity index (χ1n) is 9.05. The van der Waals surface area contributed by atoms with Gasteiger partial charge in [0.1, 0.15) is 12.3 Å². The lowest BCUT2D eigenvalue weighted by molar-refractivity contribution is -0.274. The molecule has 30 heavy (non-hydrogen) atoms. The third-order valence-electron chi connectivity index (χ3n) is 4.37. The van der Waals surface area contributed by atoms with Crippen LogP contribution in [0.1, 0.15) is 18.9 Å². The largest absolute Gasteiger partial charge is 0.573 e. The molecule has 1 N–H and O–H groups in total. The Hall–Kier alpha value is -3.63. The number of hydrogen-bond donors (Lipinski definition) is 1. The number of ether oxygens (including phenoxy) is 1. The molecule has 3 aromatic rings. The van der Waals surface area contributed by atoms with Crippen molar-refractivity contribution < 1.29 is 22.7 Å². The van der Waals surface area contributed by atoms with Crippen LogP contribution in [0.4, 0.5) is 18.9 Å². The van der Waals surface area contributed by atoms with E-state index in [2.05, 4.69) is 20.1 Å². The summed E-state index contributed by atoms with van der Waals surface area (Å²) in [5.74, 6) is -0.502. The quantitative estimate of drug-likeness (QED) is 0.663. The molecule has 2 heterocycles. The molecule has 11 heteroatoms. The predicted octanol–water partition coefficient (Wildman–Crippen LogP) is 2.98. The van der Waals surface area contributed by atoms with Gasteiger partial charge in [0.2, 0.25) is 5.91 Å². The molecule has 156 valence electrons. The smallest absolute Gasteiger partial charge is 0.406 e. The summed E-state index contributed by atoms with van der Waals surface area (Å²) in [5.41, 5.74) is 0.526. The number of anilines is 1. The summed E-state index contributed by atoms with van der Waals surface area (Å²) in [6.45, 7) is -0.341. The summed E-state index contributed by atoms with van der Waals surface area (Å²) in [6, 6.07) is 8.26. The Morgan fingerprint density at radius 3 is 2.53 bits per heavy atom. The van der Waals surface area contributed by atoms with Crippen molar-refractivity contribution in [1.82, 2.24) is 19.3 Å². The SMILES string of the molecule is O=C(Cn1nc(-c2cccnc2)n(C2CC2)c1=O)Nc1ccc(OC(F)(F)F)cc1. The Balaban J connectivity index is 1.49. The van der Waals surface area contributed by atoms with Crippen LogP contribution in [0.2, 0.25) is 0 Å². The highest BCUT2D eigenvalue weighted by atomic mass is 19.4. The molecule has 0 aliphatic heterocycles. The molecule has 1 aliphatic carbocycles. The summed E-state index contributed by atoms with van der Waals surface area (Å²) in [6.07, 6.45) is 0.126. The molecule has 0 saturated heterocycles. The van der Waals surface area contributed by atoms with E-state index in [4.69, 9.17) is 0 Å². The maximum absolute atomic E-state index is 12.7. The molecular weight excluding hydrogens is 403 g/mol. The van der Waals surface area contributed by atoms with E-state index < -0.39 is 23.7 Å². The molecule has 2 aromatic heterocycles. The fourth-order valence-corrected chi connectivity index (χ4v) is 2.95. The molecule has 0 radical (unpaired) electrons. The van der Waals surface area contributed by atoms with Crippen molar-refractivity contribution in [3.05, 3.63) is 59.3 Å². The van der Waals surface area contributed by atoms with Crippen molar-refractivity contribution in [2.24, 2.45) is 0 Å². The number of carbonyl (C=O) groups excluding carboxylic acids is 1. The maximum Gasteiger partial charge on any atom is 0.573 e. The van der Waals surface area contributed by atoms with E-state index in [1.54, 1.807) is 29.1 Å². The first-order chi connectivity index (χ1) is 14.3. The average molecular weight is 419 g/mol. The minimum atomic E-state index is -4.79. The minimum Gasteiger partial charge on any atom is -0.406 e. The number of nitrogens with zero attached hydrogens (tertiary/aromatic N) is 4. The summed E-state index contributed by atoms with van der Waals surface area (Å²) < 4.78 is 43.1. The van der Waals surface area contributed by atoms with Gasteiger partial charge < -0.3 is 10.1 Å². The van der Waals surface area contributed by atoms with Gasteiger partial charge in [-0.05, 0) is 49.2 Å². The van der Waals surface area contributed by atoms with E-state index >= 15 is 0 Å². The molecule has 1 aliphatic rings. The first-order valence-corrected chi connectivity index (χ1v) is 9.05. The molecule has 8 nitrogen and oxygen atoms in total. The van der Waals surface area contributed by atoms with Gasteiger partial charge in [0.15, 0.2) is 5.82 Å². The molecule has 1 amide bonds. The van der Waals surface area contributed by atoms with Crippen LogP contribution in [0.15, 0.2) is 53.6 Å². The number of aromatic nitrogens is 4. The molecule has 0 spiro atoms. The lowest BCUT2D eigenvalue weighted by atomic mass is 10.3. The van der Waals surface area contributed by atoms with Crippen LogP contribution >= 0.6 is 0 Å². The average Bonchev–Trinajstić information content (AvgIpc) is 3.48. The van der Waals surface area contributed by atoms with Gasteiger partial charge in [-0.25, -0.2) is 9.48 Å². The number of carbonyl (C=O) groups is 1. The molecule has 0 bridgehead atoms. The van der Waals surface area contributed by atoms with Crippen molar-refractivity contribution in [1.29, 1.82) is 0 Å². The van der Waals surface area contributed by atoms with Gasteiger partial charge in [-0.1, -0.05) is 0 Å². The van der Waals surface area contributed by atoms with Crippen molar-refractivity contribution >= 4 is 11.6 Å². The lowest BCUT2D eigenvalue weighted by Crippen LogP contribution is -2.30. The number of alkyl halides is 3. The molecule has 0 atom stereocenters. The van der Waals surface area contributed by atoms with Gasteiger partial charge in [-0.15, -0.1) is 18.3 Å². The normalized spacial score (nSPS) is 13.8. The topological polar surface area (TPSA) is 91.0 Å². The highest BCUT2D eigenvalue weighted by Crippen LogP contribution is 2.36. The van der Waals surface area contributed by atoms with Gasteiger partial charge in [0.25, 0.3) is 0 Å². The molecule has 1 saturated carbocycles. The van der Waals surface area contributed by atoms with E-state index in [0.29, 0.717) is 11.4 Å². The van der Waals surface area contributed by atoms with Crippen LogP contribution in [0, 0.1) is 0 Å². The third kappa shape index (κ3) is 4.50. The molecule has 1 aromatic carbocycles. The summed E-state index contributed by atoms with van der Waals surface area (Å²) in [5, 5.41) is 6.82. The van der Waals surface area contributed by atoms with Gasteiger partial charge in [0.05, 0.1) is 0 Å². The summed E-state index contributed by atoms with van der Waals surface area (Å²) >= 11 is 0. The molecular formula is C19H16F3N5O3. The number of benzene rings is 1. The van der Waals surface area contributed by atoms with E-state index in [1.165, 1.54) is 12.1 Å². The maximum atomic E-state index is 12.7. The second-order valence-electron chi connectivity index (χ2n) is 6.73. The van der Waals surface area contributed by atoms with Gasteiger partial charge >= 0.3 is 12.1 Å². The highest BCUT2D eigenvalue weighted by Gasteiger charge is 2.31. The van der Waals surface area contributed by atoms with E-state index in [0.717, 1.165) is 29.7 Å². The van der Waals surface area contributed by atoms with Crippen molar-refractivity contribution in [3.63, 3.8) is 0 Å². The van der Waals surface area contributed by atoms with Gasteiger partial charge in [-0.3, -0.25) is 14.3 Å². The molecule has 1 fully saturated rings. The van der Waals surface area contributed by atoms with Crippen LogP contribution in [0.3, 0.4) is 0 Å². The second-order valence-corrected chi connectivity index (χ2v) is 6.73.